The molecule has 6 heteroatoms. The highest BCUT2D eigenvalue weighted by Gasteiger charge is 2.39. The number of halogens is 1. The van der Waals surface area contributed by atoms with E-state index in [1.165, 1.54) is 4.90 Å². The average Bonchev–Trinajstić information content (AvgIpc) is 2.70. The summed E-state index contributed by atoms with van der Waals surface area (Å²) in [4.78, 5) is 24.4. The third-order valence-electron chi connectivity index (χ3n) is 2.90. The van der Waals surface area contributed by atoms with Crippen LogP contribution in [0.2, 0.25) is 0 Å². The molecule has 18 heavy (non-hydrogen) atoms. The monoisotopic (exact) mass is 313 g/mol. The van der Waals surface area contributed by atoms with Crippen LogP contribution in [-0.4, -0.2) is 45.7 Å². The third kappa shape index (κ3) is 2.54. The lowest BCUT2D eigenvalue weighted by Crippen LogP contribution is -2.40. The molecule has 0 aromatic heterocycles. The van der Waals surface area contributed by atoms with Crippen molar-refractivity contribution < 1.29 is 19.8 Å². The fraction of sp³-hybridized carbons (Fsp3) is 0.333. The molecule has 0 spiro atoms. The zero-order valence-corrected chi connectivity index (χ0v) is 11.0. The van der Waals surface area contributed by atoms with Gasteiger partial charge >= 0.3 is 5.97 Å². The van der Waals surface area contributed by atoms with Gasteiger partial charge in [0.15, 0.2) is 0 Å². The van der Waals surface area contributed by atoms with E-state index >= 15 is 0 Å². The number of β-amino-alcohol motifs (C(OH)–C–C–N with tert-alkyl or cyclic N) is 1. The van der Waals surface area contributed by atoms with Crippen LogP contribution in [0.1, 0.15) is 16.8 Å². The molecule has 1 saturated heterocycles. The number of carboxylic acids is 1. The zero-order chi connectivity index (χ0) is 13.3. The van der Waals surface area contributed by atoms with Crippen molar-refractivity contribution in [3.05, 3.63) is 34.3 Å². The van der Waals surface area contributed by atoms with E-state index in [-0.39, 0.29) is 18.9 Å². The smallest absolute Gasteiger partial charge is 0.326 e. The van der Waals surface area contributed by atoms with Crippen molar-refractivity contribution in [3.63, 3.8) is 0 Å². The predicted octanol–water partition coefficient (Wildman–Crippen LogP) is 1.11. The fourth-order valence-corrected chi connectivity index (χ4v) is 2.46. The van der Waals surface area contributed by atoms with Gasteiger partial charge in [-0.15, -0.1) is 0 Å². The van der Waals surface area contributed by atoms with E-state index < -0.39 is 18.1 Å². The van der Waals surface area contributed by atoms with Crippen LogP contribution in [0, 0.1) is 0 Å². The lowest BCUT2D eigenvalue weighted by Gasteiger charge is -2.21. The minimum atomic E-state index is -1.09. The Kier molecular flexibility index (Phi) is 3.68. The first-order chi connectivity index (χ1) is 8.49. The summed E-state index contributed by atoms with van der Waals surface area (Å²) in [5.41, 5.74) is 0.407. The number of amides is 1. The van der Waals surface area contributed by atoms with Crippen LogP contribution in [0.5, 0.6) is 0 Å². The van der Waals surface area contributed by atoms with Crippen molar-refractivity contribution in [1.82, 2.24) is 4.90 Å². The number of hydrogen-bond donors (Lipinski definition) is 2. The molecule has 0 saturated carbocycles. The number of nitrogens with zero attached hydrogens (tertiary/aromatic N) is 1. The largest absolute Gasteiger partial charge is 0.480 e. The minimum absolute atomic E-state index is 0.0579. The average molecular weight is 314 g/mol. The standard InChI is InChI=1S/C12H12BrNO4/c13-8-3-1-2-7(4-8)11(16)14-6-9(15)5-10(14)12(17)18/h1-4,9-10,15H,5-6H2,(H,17,18)/t9-,10-/m0/s1. The maximum atomic E-state index is 12.2. The normalized spacial score (nSPS) is 23.1. The molecule has 1 fully saturated rings. The van der Waals surface area contributed by atoms with Crippen molar-refractivity contribution in [2.45, 2.75) is 18.6 Å². The number of carbonyl (C=O) groups is 2. The summed E-state index contributed by atoms with van der Waals surface area (Å²) < 4.78 is 0.750. The van der Waals surface area contributed by atoms with Gasteiger partial charge in [0, 0.05) is 23.0 Å². The second-order valence-electron chi connectivity index (χ2n) is 4.21. The van der Waals surface area contributed by atoms with E-state index in [9.17, 15) is 14.7 Å². The summed E-state index contributed by atoms with van der Waals surface area (Å²) in [6.07, 6.45) is -0.697. The van der Waals surface area contributed by atoms with Gasteiger partial charge in [-0.25, -0.2) is 4.79 Å². The van der Waals surface area contributed by atoms with E-state index in [2.05, 4.69) is 15.9 Å². The number of rotatable bonds is 2. The Morgan fingerprint density at radius 2 is 2.11 bits per heavy atom. The Bertz CT molecular complexity index is 491. The molecule has 2 rings (SSSR count). The Morgan fingerprint density at radius 1 is 1.39 bits per heavy atom. The van der Waals surface area contributed by atoms with Crippen LogP contribution >= 0.6 is 15.9 Å². The van der Waals surface area contributed by atoms with Gasteiger partial charge in [-0.1, -0.05) is 22.0 Å². The number of aliphatic carboxylic acids is 1. The molecule has 1 aliphatic heterocycles. The number of aliphatic hydroxyl groups excluding tert-OH is 1. The predicted molar refractivity (Wildman–Crippen MR) is 67.2 cm³/mol. The molecular formula is C12H12BrNO4. The summed E-state index contributed by atoms with van der Waals surface area (Å²) in [7, 11) is 0. The van der Waals surface area contributed by atoms with Gasteiger partial charge in [0.05, 0.1) is 6.10 Å². The zero-order valence-electron chi connectivity index (χ0n) is 9.41. The van der Waals surface area contributed by atoms with Crippen molar-refractivity contribution in [1.29, 1.82) is 0 Å². The number of aliphatic hydroxyl groups is 1. The SMILES string of the molecule is O=C(O)[C@@H]1C[C@H](O)CN1C(=O)c1cccc(Br)c1. The van der Waals surface area contributed by atoms with Crippen LogP contribution in [-0.2, 0) is 4.79 Å². The first-order valence-corrected chi connectivity index (χ1v) is 6.25. The van der Waals surface area contributed by atoms with E-state index in [4.69, 9.17) is 5.11 Å². The van der Waals surface area contributed by atoms with Crippen molar-refractivity contribution >= 4 is 27.8 Å². The molecule has 1 aliphatic rings. The van der Waals surface area contributed by atoms with Gasteiger partial charge < -0.3 is 15.1 Å². The molecule has 0 radical (unpaired) electrons. The fourth-order valence-electron chi connectivity index (χ4n) is 2.06. The van der Waals surface area contributed by atoms with E-state index in [1.54, 1.807) is 24.3 Å². The maximum absolute atomic E-state index is 12.2. The Morgan fingerprint density at radius 3 is 2.72 bits per heavy atom. The summed E-state index contributed by atoms with van der Waals surface area (Å²) in [5.74, 6) is -1.46. The summed E-state index contributed by atoms with van der Waals surface area (Å²) in [6, 6.07) is 5.79. The molecule has 0 bridgehead atoms. The number of carboxylic acid groups (broad SMARTS) is 1. The van der Waals surface area contributed by atoms with Crippen molar-refractivity contribution in [2.75, 3.05) is 6.54 Å². The van der Waals surface area contributed by atoms with Gasteiger partial charge in [-0.05, 0) is 18.2 Å². The lowest BCUT2D eigenvalue weighted by molar-refractivity contribution is -0.141. The van der Waals surface area contributed by atoms with E-state index in [0.29, 0.717) is 5.56 Å². The Labute approximate surface area is 112 Å². The van der Waals surface area contributed by atoms with Crippen LogP contribution < -0.4 is 0 Å². The van der Waals surface area contributed by atoms with Crippen LogP contribution in [0.3, 0.4) is 0 Å². The molecule has 1 aromatic carbocycles. The highest BCUT2D eigenvalue weighted by molar-refractivity contribution is 9.10. The summed E-state index contributed by atoms with van der Waals surface area (Å²) >= 11 is 3.26. The molecule has 2 atom stereocenters. The topological polar surface area (TPSA) is 77.8 Å². The molecule has 5 nitrogen and oxygen atoms in total. The van der Waals surface area contributed by atoms with Gasteiger partial charge in [0.1, 0.15) is 6.04 Å². The highest BCUT2D eigenvalue weighted by atomic mass is 79.9. The lowest BCUT2D eigenvalue weighted by atomic mass is 10.1. The molecule has 1 heterocycles. The second kappa shape index (κ2) is 5.07. The molecule has 2 N–H and O–H groups in total. The summed E-state index contributed by atoms with van der Waals surface area (Å²) in [5, 5.41) is 18.5. The van der Waals surface area contributed by atoms with Gasteiger partial charge in [0.2, 0.25) is 0 Å². The van der Waals surface area contributed by atoms with E-state index in [0.717, 1.165) is 4.47 Å². The molecular weight excluding hydrogens is 302 g/mol. The first-order valence-electron chi connectivity index (χ1n) is 5.46. The minimum Gasteiger partial charge on any atom is -0.480 e. The van der Waals surface area contributed by atoms with Gasteiger partial charge in [-0.2, -0.15) is 0 Å². The van der Waals surface area contributed by atoms with Crippen molar-refractivity contribution in [3.8, 4) is 0 Å². The first kappa shape index (κ1) is 13.0. The van der Waals surface area contributed by atoms with Gasteiger partial charge in [0.25, 0.3) is 5.91 Å². The molecule has 0 aliphatic carbocycles. The van der Waals surface area contributed by atoms with Gasteiger partial charge in [-0.3, -0.25) is 4.79 Å². The quantitative estimate of drug-likeness (QED) is 0.857. The van der Waals surface area contributed by atoms with Crippen LogP contribution in [0.25, 0.3) is 0 Å². The number of likely N-dealkylation sites (tertiary alicyclic amines) is 1. The maximum Gasteiger partial charge on any atom is 0.326 e. The Balaban J connectivity index is 2.25. The van der Waals surface area contributed by atoms with Crippen molar-refractivity contribution in [2.24, 2.45) is 0 Å². The van der Waals surface area contributed by atoms with Crippen LogP contribution in [0.4, 0.5) is 0 Å². The molecule has 0 unspecified atom stereocenters. The second-order valence-corrected chi connectivity index (χ2v) is 5.13. The molecule has 1 amide bonds. The molecule has 96 valence electrons. The molecule has 1 aromatic rings. The van der Waals surface area contributed by atoms with E-state index in [1.807, 2.05) is 0 Å². The number of hydrogen-bond acceptors (Lipinski definition) is 3. The highest BCUT2D eigenvalue weighted by Crippen LogP contribution is 2.22. The third-order valence-corrected chi connectivity index (χ3v) is 3.39. The Hall–Kier alpha value is -1.40. The number of benzene rings is 1. The van der Waals surface area contributed by atoms with Crippen LogP contribution in [0.15, 0.2) is 28.7 Å². The number of carbonyl (C=O) groups excluding carboxylic acids is 1. The summed E-state index contributed by atoms with van der Waals surface area (Å²) in [6.45, 7) is 0.0579.